The van der Waals surface area contributed by atoms with E-state index in [1.54, 1.807) is 19.3 Å². The third kappa shape index (κ3) is 5.28. The maximum absolute atomic E-state index is 12.2. The van der Waals surface area contributed by atoms with Crippen LogP contribution in [0, 0.1) is 5.92 Å². The Morgan fingerprint density at radius 3 is 2.59 bits per heavy atom. The van der Waals surface area contributed by atoms with Crippen LogP contribution in [0.4, 0.5) is 0 Å². The zero-order chi connectivity index (χ0) is 19.2. The molecule has 0 radical (unpaired) electrons. The minimum Gasteiger partial charge on any atom is -0.387 e. The number of hydrogen-bond acceptors (Lipinski definition) is 4. The summed E-state index contributed by atoms with van der Waals surface area (Å²) >= 11 is 0. The fraction of sp³-hybridized carbons (Fsp3) is 0.429. The Morgan fingerprint density at radius 2 is 1.93 bits per heavy atom. The molecule has 144 valence electrons. The highest BCUT2D eigenvalue weighted by Crippen LogP contribution is 2.20. The number of piperidine rings is 1. The van der Waals surface area contributed by atoms with Gasteiger partial charge in [-0.2, -0.15) is 0 Å². The van der Waals surface area contributed by atoms with Crippen molar-refractivity contribution >= 4 is 5.91 Å². The van der Waals surface area contributed by atoms with Crippen LogP contribution in [0.2, 0.25) is 0 Å². The van der Waals surface area contributed by atoms with Crippen LogP contribution in [-0.2, 0) is 7.05 Å². The molecule has 2 heterocycles. The fourth-order valence-electron chi connectivity index (χ4n) is 3.43. The summed E-state index contributed by atoms with van der Waals surface area (Å²) in [5, 5.41) is 13.3. The van der Waals surface area contributed by atoms with E-state index in [1.165, 1.54) is 10.6 Å². The van der Waals surface area contributed by atoms with Crippen molar-refractivity contribution in [3.63, 3.8) is 0 Å². The van der Waals surface area contributed by atoms with Crippen LogP contribution < -0.4 is 10.9 Å². The molecule has 6 heteroatoms. The number of rotatable bonds is 6. The molecule has 2 N–H and O–H groups in total. The topological polar surface area (TPSA) is 74.6 Å². The number of benzene rings is 1. The van der Waals surface area contributed by atoms with Gasteiger partial charge < -0.3 is 19.9 Å². The number of carbonyl (C=O) groups excluding carboxylic acids is 1. The van der Waals surface area contributed by atoms with Gasteiger partial charge in [0.1, 0.15) is 0 Å². The van der Waals surface area contributed by atoms with E-state index in [0.717, 1.165) is 31.5 Å². The summed E-state index contributed by atoms with van der Waals surface area (Å²) in [6.45, 7) is 3.08. The zero-order valence-electron chi connectivity index (χ0n) is 15.7. The van der Waals surface area contributed by atoms with Crippen molar-refractivity contribution in [2.45, 2.75) is 18.9 Å². The Bertz CT molecular complexity index is 811. The molecular formula is C21H27N3O3. The molecule has 2 aromatic rings. The number of aromatic nitrogens is 1. The Hall–Kier alpha value is -2.44. The Kier molecular flexibility index (Phi) is 6.42. The summed E-state index contributed by atoms with van der Waals surface area (Å²) in [6.07, 6.45) is 3.10. The Morgan fingerprint density at radius 1 is 1.22 bits per heavy atom. The molecule has 1 aromatic carbocycles. The summed E-state index contributed by atoms with van der Waals surface area (Å²) in [5.41, 5.74) is 1.16. The number of hydrogen-bond donors (Lipinski definition) is 2. The molecule has 6 nitrogen and oxygen atoms in total. The van der Waals surface area contributed by atoms with Crippen molar-refractivity contribution in [2.24, 2.45) is 13.0 Å². The molecule has 1 amide bonds. The van der Waals surface area contributed by atoms with Gasteiger partial charge in [-0.25, -0.2) is 0 Å². The van der Waals surface area contributed by atoms with E-state index in [4.69, 9.17) is 0 Å². The molecule has 1 saturated heterocycles. The average molecular weight is 369 g/mol. The first-order valence-electron chi connectivity index (χ1n) is 9.43. The molecule has 3 rings (SSSR count). The van der Waals surface area contributed by atoms with E-state index in [1.807, 2.05) is 30.3 Å². The van der Waals surface area contributed by atoms with Gasteiger partial charge in [-0.3, -0.25) is 9.59 Å². The number of nitrogens with zero attached hydrogens (tertiary/aromatic N) is 2. The van der Waals surface area contributed by atoms with E-state index in [0.29, 0.717) is 24.6 Å². The van der Waals surface area contributed by atoms with E-state index < -0.39 is 6.10 Å². The van der Waals surface area contributed by atoms with Crippen LogP contribution in [0.15, 0.2) is 53.5 Å². The first kappa shape index (κ1) is 19.3. The zero-order valence-corrected chi connectivity index (χ0v) is 15.7. The number of aryl methyl sites for hydroxylation is 1. The van der Waals surface area contributed by atoms with Crippen molar-refractivity contribution in [1.29, 1.82) is 0 Å². The summed E-state index contributed by atoms with van der Waals surface area (Å²) in [6, 6.07) is 12.7. The summed E-state index contributed by atoms with van der Waals surface area (Å²) in [4.78, 5) is 26.1. The lowest BCUT2D eigenvalue weighted by atomic mass is 9.96. The minimum atomic E-state index is -0.469. The number of likely N-dealkylation sites (tertiary alicyclic amines) is 1. The number of carbonyl (C=O) groups is 1. The van der Waals surface area contributed by atoms with Crippen LogP contribution in [-0.4, -0.2) is 46.7 Å². The van der Waals surface area contributed by atoms with Gasteiger partial charge in [-0.1, -0.05) is 30.3 Å². The molecule has 0 bridgehead atoms. The first-order chi connectivity index (χ1) is 13.0. The summed E-state index contributed by atoms with van der Waals surface area (Å²) in [5.74, 6) is 0.222. The second-order valence-corrected chi connectivity index (χ2v) is 7.25. The standard InChI is InChI=1S/C21H27N3O3/c1-23-10-9-18(13-20(23)26)21(27)22-14-16-7-11-24(12-8-16)15-19(25)17-5-3-2-4-6-17/h2-6,9-10,13,16,19,25H,7-8,11-12,14-15H2,1H3,(H,22,27). The maximum atomic E-state index is 12.2. The van der Waals surface area contributed by atoms with Gasteiger partial charge in [-0.15, -0.1) is 0 Å². The van der Waals surface area contributed by atoms with Crippen molar-refractivity contribution in [3.8, 4) is 0 Å². The number of pyridine rings is 1. The van der Waals surface area contributed by atoms with Gasteiger partial charge in [0.25, 0.3) is 11.5 Å². The van der Waals surface area contributed by atoms with Crippen LogP contribution in [0.5, 0.6) is 0 Å². The number of nitrogens with one attached hydrogen (secondary N) is 1. The lowest BCUT2D eigenvalue weighted by molar-refractivity contribution is 0.0852. The van der Waals surface area contributed by atoms with Crippen LogP contribution >= 0.6 is 0 Å². The van der Waals surface area contributed by atoms with Gasteiger partial charge >= 0.3 is 0 Å². The van der Waals surface area contributed by atoms with E-state index in [-0.39, 0.29) is 11.5 Å². The normalized spacial score (nSPS) is 16.8. The number of aliphatic hydroxyl groups excluding tert-OH is 1. The molecule has 1 fully saturated rings. The summed E-state index contributed by atoms with van der Waals surface area (Å²) < 4.78 is 1.44. The highest BCUT2D eigenvalue weighted by atomic mass is 16.3. The molecule has 0 aliphatic carbocycles. The van der Waals surface area contributed by atoms with Gasteiger partial charge in [0.05, 0.1) is 6.10 Å². The Balaban J connectivity index is 1.42. The monoisotopic (exact) mass is 369 g/mol. The molecular weight excluding hydrogens is 342 g/mol. The quantitative estimate of drug-likeness (QED) is 0.810. The Labute approximate surface area is 159 Å². The van der Waals surface area contributed by atoms with Crippen molar-refractivity contribution < 1.29 is 9.90 Å². The predicted molar refractivity (Wildman–Crippen MR) is 105 cm³/mol. The number of aliphatic hydroxyl groups is 1. The van der Waals surface area contributed by atoms with Crippen molar-refractivity contribution in [3.05, 3.63) is 70.1 Å². The van der Waals surface area contributed by atoms with Gasteiger partial charge in [0, 0.05) is 38.0 Å². The SMILES string of the molecule is Cn1ccc(C(=O)NCC2CCN(CC(O)c3ccccc3)CC2)cc1=O. The second kappa shape index (κ2) is 8.97. The van der Waals surface area contributed by atoms with Crippen LogP contribution in [0.25, 0.3) is 0 Å². The molecule has 1 aliphatic heterocycles. The summed E-state index contributed by atoms with van der Waals surface area (Å²) in [7, 11) is 1.66. The van der Waals surface area contributed by atoms with E-state index in [2.05, 4.69) is 10.2 Å². The maximum Gasteiger partial charge on any atom is 0.251 e. The second-order valence-electron chi connectivity index (χ2n) is 7.25. The third-order valence-corrected chi connectivity index (χ3v) is 5.24. The lowest BCUT2D eigenvalue weighted by Gasteiger charge is -2.33. The number of β-amino-alcohol motifs (C(OH)–C–C–N with tert-alkyl or cyclic N) is 1. The van der Waals surface area contributed by atoms with Gasteiger partial charge in [0.15, 0.2) is 0 Å². The van der Waals surface area contributed by atoms with Crippen LogP contribution in [0.1, 0.15) is 34.9 Å². The fourth-order valence-corrected chi connectivity index (χ4v) is 3.43. The lowest BCUT2D eigenvalue weighted by Crippen LogP contribution is -2.40. The third-order valence-electron chi connectivity index (χ3n) is 5.24. The molecule has 1 aromatic heterocycles. The van der Waals surface area contributed by atoms with Crippen molar-refractivity contribution in [1.82, 2.24) is 14.8 Å². The van der Waals surface area contributed by atoms with Crippen molar-refractivity contribution in [2.75, 3.05) is 26.2 Å². The van der Waals surface area contributed by atoms with Gasteiger partial charge in [0.2, 0.25) is 0 Å². The van der Waals surface area contributed by atoms with E-state index in [9.17, 15) is 14.7 Å². The molecule has 1 atom stereocenters. The molecule has 1 unspecified atom stereocenters. The first-order valence-corrected chi connectivity index (χ1v) is 9.43. The predicted octanol–water partition coefficient (Wildman–Crippen LogP) is 1.56. The highest BCUT2D eigenvalue weighted by Gasteiger charge is 2.22. The molecule has 27 heavy (non-hydrogen) atoms. The van der Waals surface area contributed by atoms with Gasteiger partial charge in [-0.05, 0) is 43.5 Å². The smallest absolute Gasteiger partial charge is 0.251 e. The molecule has 1 aliphatic rings. The molecule has 0 saturated carbocycles. The van der Waals surface area contributed by atoms with Crippen LogP contribution in [0.3, 0.4) is 0 Å². The average Bonchev–Trinajstić information content (AvgIpc) is 2.70. The number of amides is 1. The largest absolute Gasteiger partial charge is 0.387 e. The molecule has 0 spiro atoms. The highest BCUT2D eigenvalue weighted by molar-refractivity contribution is 5.93. The van der Waals surface area contributed by atoms with E-state index >= 15 is 0 Å². The minimum absolute atomic E-state index is 0.187.